The fraction of sp³-hybridized carbons (Fsp3) is 0.381. The number of benzene rings is 1. The van der Waals surface area contributed by atoms with Gasteiger partial charge in [0.1, 0.15) is 27.3 Å². The summed E-state index contributed by atoms with van der Waals surface area (Å²) in [5.41, 5.74) is 11.7. The molecule has 0 saturated carbocycles. The van der Waals surface area contributed by atoms with Crippen LogP contribution in [0.4, 0.5) is 13.8 Å². The molecule has 1 aromatic carbocycles. The second-order valence-electron chi connectivity index (χ2n) is 7.45. The van der Waals surface area contributed by atoms with Gasteiger partial charge in [0, 0.05) is 6.20 Å². The van der Waals surface area contributed by atoms with E-state index in [1.54, 1.807) is 7.05 Å². The minimum atomic E-state index is -0.777. The van der Waals surface area contributed by atoms with Crippen molar-refractivity contribution in [2.45, 2.75) is 12.8 Å². The van der Waals surface area contributed by atoms with Crippen LogP contribution in [0.5, 0.6) is 0 Å². The number of amidine groups is 1. The molecule has 3 rings (SSSR count). The highest BCUT2D eigenvalue weighted by atomic mass is 32.1. The summed E-state index contributed by atoms with van der Waals surface area (Å²) in [7, 11) is 3.69. The molecular formula is C21H28F2N7OS+. The Morgan fingerprint density at radius 2 is 1.94 bits per heavy atom. The minimum absolute atomic E-state index is 0.00838. The van der Waals surface area contributed by atoms with E-state index in [4.69, 9.17) is 11.5 Å². The molecule has 0 bridgehead atoms. The molecule has 11 heteroatoms. The lowest BCUT2D eigenvalue weighted by Crippen LogP contribution is -2.43. The highest BCUT2D eigenvalue weighted by Gasteiger charge is 2.27. The Hall–Kier alpha value is -3.05. The average molecular weight is 465 g/mol. The van der Waals surface area contributed by atoms with Gasteiger partial charge in [-0.1, -0.05) is 17.4 Å². The van der Waals surface area contributed by atoms with Gasteiger partial charge in [0.25, 0.3) is 11.7 Å². The van der Waals surface area contributed by atoms with E-state index >= 15 is 0 Å². The van der Waals surface area contributed by atoms with Gasteiger partial charge >= 0.3 is 0 Å². The highest BCUT2D eigenvalue weighted by Crippen LogP contribution is 2.33. The second kappa shape index (κ2) is 10.5. The Balaban J connectivity index is 1.81. The Morgan fingerprint density at radius 3 is 2.50 bits per heavy atom. The molecule has 1 fully saturated rings. The van der Waals surface area contributed by atoms with Crippen molar-refractivity contribution in [3.63, 3.8) is 0 Å². The first-order valence-corrected chi connectivity index (χ1v) is 11.1. The van der Waals surface area contributed by atoms with E-state index in [0.29, 0.717) is 17.5 Å². The number of carbonyl (C=O) groups is 1. The van der Waals surface area contributed by atoms with Crippen molar-refractivity contribution in [1.29, 1.82) is 0 Å². The first-order chi connectivity index (χ1) is 15.4. The molecule has 172 valence electrons. The first-order valence-electron chi connectivity index (χ1n) is 10.3. The molecule has 32 heavy (non-hydrogen) atoms. The number of aromatic nitrogens is 1. The zero-order chi connectivity index (χ0) is 23.3. The largest absolute Gasteiger partial charge is 0.403 e. The molecule has 0 spiro atoms. The molecule has 0 atom stereocenters. The number of nitrogens with two attached hydrogens (primary N) is 2. The third-order valence-electron chi connectivity index (χ3n) is 5.38. The van der Waals surface area contributed by atoms with Crippen molar-refractivity contribution in [3.8, 4) is 10.6 Å². The topological polar surface area (TPSA) is 121 Å². The molecule has 0 unspecified atom stereocenters. The summed E-state index contributed by atoms with van der Waals surface area (Å²) < 4.78 is 30.4. The Bertz CT molecular complexity index is 1020. The molecule has 8 nitrogen and oxygen atoms in total. The monoisotopic (exact) mass is 464 g/mol. The van der Waals surface area contributed by atoms with Crippen LogP contribution < -0.4 is 27.4 Å². The van der Waals surface area contributed by atoms with Crippen LogP contribution in [0.25, 0.3) is 10.6 Å². The van der Waals surface area contributed by atoms with Crippen LogP contribution in [0.1, 0.15) is 23.3 Å². The normalized spacial score (nSPS) is 16.7. The maximum absolute atomic E-state index is 14.1. The van der Waals surface area contributed by atoms with Crippen molar-refractivity contribution in [2.75, 3.05) is 39.5 Å². The number of nitrogens with zero attached hydrogens (tertiary/aromatic N) is 2. The van der Waals surface area contributed by atoms with E-state index in [-0.39, 0.29) is 21.3 Å². The Kier molecular flexibility index (Phi) is 7.75. The maximum atomic E-state index is 14.1. The SMILES string of the molecule is CNCC1CC[N+](=C(NC)/C(=C\N)NC(=O)c2nc(-c3c(F)cccc3F)sc2N)CC1. The fourth-order valence-electron chi connectivity index (χ4n) is 3.78. The fourth-order valence-corrected chi connectivity index (χ4v) is 4.65. The number of halogens is 2. The lowest BCUT2D eigenvalue weighted by Gasteiger charge is -2.24. The van der Waals surface area contributed by atoms with E-state index < -0.39 is 17.5 Å². The average Bonchev–Trinajstić information content (AvgIpc) is 3.15. The standard InChI is InChI=1S/C21H27F2N7OS/c1-26-11-12-6-8-30(9-7-12)19(27-2)15(10-24)28-20(31)17-18(25)32-21(29-17)16-13(22)4-3-5-14(16)23/h3-5,10,12,26H,6-9,11H2,1-2H3,(H5,24,25,27,28,31)/p+1. The second-order valence-corrected chi connectivity index (χ2v) is 8.48. The molecular weight excluding hydrogens is 436 g/mol. The molecule has 1 aromatic heterocycles. The number of carbonyl (C=O) groups excluding carboxylic acids is 1. The number of likely N-dealkylation sites (N-methyl/N-ethyl adjacent to an activating group) is 1. The third-order valence-corrected chi connectivity index (χ3v) is 6.28. The highest BCUT2D eigenvalue weighted by molar-refractivity contribution is 7.19. The lowest BCUT2D eigenvalue weighted by atomic mass is 9.97. The van der Waals surface area contributed by atoms with Gasteiger partial charge in [-0.3, -0.25) is 14.7 Å². The van der Waals surface area contributed by atoms with E-state index in [9.17, 15) is 13.6 Å². The molecule has 0 aliphatic carbocycles. The molecule has 1 aliphatic rings. The van der Waals surface area contributed by atoms with E-state index in [1.165, 1.54) is 12.3 Å². The lowest BCUT2D eigenvalue weighted by molar-refractivity contribution is -0.542. The van der Waals surface area contributed by atoms with Gasteiger partial charge in [0.15, 0.2) is 5.69 Å². The predicted molar refractivity (Wildman–Crippen MR) is 122 cm³/mol. The molecule has 1 saturated heterocycles. The van der Waals surface area contributed by atoms with Crippen LogP contribution in [0.3, 0.4) is 0 Å². The number of anilines is 1. The van der Waals surface area contributed by atoms with Gasteiger partial charge in [-0.05, 0) is 44.5 Å². The minimum Gasteiger partial charge on any atom is -0.403 e. The van der Waals surface area contributed by atoms with E-state index in [2.05, 4.69) is 25.5 Å². The molecule has 2 aromatic rings. The van der Waals surface area contributed by atoms with Crippen LogP contribution in [0.15, 0.2) is 30.1 Å². The zero-order valence-electron chi connectivity index (χ0n) is 18.0. The third kappa shape index (κ3) is 5.05. The van der Waals surface area contributed by atoms with Crippen LogP contribution >= 0.6 is 11.3 Å². The van der Waals surface area contributed by atoms with Crippen molar-refractivity contribution in [1.82, 2.24) is 20.9 Å². The van der Waals surface area contributed by atoms with Crippen LogP contribution in [-0.2, 0) is 0 Å². The van der Waals surface area contributed by atoms with Gasteiger partial charge < -0.3 is 22.1 Å². The van der Waals surface area contributed by atoms with Gasteiger partial charge in [-0.2, -0.15) is 0 Å². The van der Waals surface area contributed by atoms with Crippen molar-refractivity contribution >= 4 is 28.1 Å². The number of hydrogen-bond acceptors (Lipinski definition) is 6. The summed E-state index contributed by atoms with van der Waals surface area (Å²) in [6, 6.07) is 3.51. The first kappa shape index (κ1) is 23.6. The summed E-state index contributed by atoms with van der Waals surface area (Å²) in [5, 5.41) is 9.07. The molecule has 2 heterocycles. The van der Waals surface area contributed by atoms with Gasteiger partial charge in [-0.15, -0.1) is 0 Å². The van der Waals surface area contributed by atoms with Crippen molar-refractivity contribution < 1.29 is 18.2 Å². The van der Waals surface area contributed by atoms with Crippen LogP contribution in [0, 0.1) is 17.6 Å². The van der Waals surface area contributed by atoms with E-state index in [1.807, 2.05) is 7.05 Å². The number of hydrogen-bond donors (Lipinski definition) is 5. The summed E-state index contributed by atoms with van der Waals surface area (Å²) in [4.78, 5) is 17.0. The maximum Gasteiger partial charge on any atom is 0.295 e. The number of piperidine rings is 1. The zero-order valence-corrected chi connectivity index (χ0v) is 18.9. The Morgan fingerprint density at radius 1 is 1.28 bits per heavy atom. The number of thiazole rings is 1. The summed E-state index contributed by atoms with van der Waals surface area (Å²) in [6.45, 7) is 2.59. The summed E-state index contributed by atoms with van der Waals surface area (Å²) >= 11 is 0.842. The quantitative estimate of drug-likeness (QED) is 0.326. The summed E-state index contributed by atoms with van der Waals surface area (Å²) in [6.07, 6.45) is 3.31. The van der Waals surface area contributed by atoms with Crippen LogP contribution in [0.2, 0.25) is 0 Å². The number of amides is 1. The van der Waals surface area contributed by atoms with Crippen molar-refractivity contribution in [2.24, 2.45) is 11.7 Å². The van der Waals surface area contributed by atoms with Gasteiger partial charge in [0.05, 0.1) is 25.7 Å². The number of rotatable bonds is 6. The van der Waals surface area contributed by atoms with Gasteiger partial charge in [-0.25, -0.2) is 13.8 Å². The number of nitrogen functional groups attached to an aromatic ring is 1. The molecule has 7 N–H and O–H groups in total. The van der Waals surface area contributed by atoms with Gasteiger partial charge in [0.2, 0.25) is 0 Å². The molecule has 1 aliphatic heterocycles. The molecule has 0 radical (unpaired) electrons. The number of nitrogens with one attached hydrogen (secondary N) is 3. The van der Waals surface area contributed by atoms with E-state index in [0.717, 1.165) is 55.9 Å². The summed E-state index contributed by atoms with van der Waals surface area (Å²) in [5.74, 6) is -0.892. The molecule has 1 amide bonds. The predicted octanol–water partition coefficient (Wildman–Crippen LogP) is 1.46. The smallest absolute Gasteiger partial charge is 0.295 e. The van der Waals surface area contributed by atoms with Crippen LogP contribution in [-0.4, -0.2) is 55.0 Å². The Labute approximate surface area is 189 Å². The van der Waals surface area contributed by atoms with Crippen molar-refractivity contribution in [3.05, 3.63) is 47.4 Å².